The Morgan fingerprint density at radius 3 is 2.61 bits per heavy atom. The van der Waals surface area contributed by atoms with Gasteiger partial charge in [-0.1, -0.05) is 48.2 Å². The molecule has 1 aliphatic heterocycles. The third-order valence-electron chi connectivity index (χ3n) is 4.57. The third kappa shape index (κ3) is 3.51. The molecular weight excluding hydrogens is 387 g/mol. The maximum absolute atomic E-state index is 12.4. The van der Waals surface area contributed by atoms with Crippen molar-refractivity contribution < 1.29 is 33.6 Å². The number of carboxylic acids is 1. The van der Waals surface area contributed by atoms with E-state index >= 15 is 0 Å². The van der Waals surface area contributed by atoms with Gasteiger partial charge in [0.1, 0.15) is 4.32 Å². The molecule has 4 rings (SSSR count). The van der Waals surface area contributed by atoms with Gasteiger partial charge in [-0.15, -0.1) is 0 Å². The maximum atomic E-state index is 12.4. The third-order valence-corrected chi connectivity index (χ3v) is 5.95. The minimum atomic E-state index is -1.33. The van der Waals surface area contributed by atoms with Gasteiger partial charge in [0, 0.05) is 28.4 Å². The van der Waals surface area contributed by atoms with Crippen LogP contribution >= 0.6 is 24.0 Å². The molecule has 1 saturated heterocycles. The minimum absolute atomic E-state index is 0. The van der Waals surface area contributed by atoms with Crippen LogP contribution in [0.4, 0.5) is 0 Å². The summed E-state index contributed by atoms with van der Waals surface area (Å²) in [7, 11) is 0. The minimum Gasteiger partial charge on any atom is -0.548 e. The van der Waals surface area contributed by atoms with E-state index < -0.39 is 18.4 Å². The van der Waals surface area contributed by atoms with Gasteiger partial charge in [-0.2, -0.15) is 0 Å². The van der Waals surface area contributed by atoms with Crippen LogP contribution in [0, 0.1) is 0 Å². The van der Waals surface area contributed by atoms with Gasteiger partial charge < -0.3 is 14.5 Å². The first kappa shape index (κ1) is 20.7. The van der Waals surface area contributed by atoms with E-state index in [0.717, 1.165) is 45.1 Å². The number of thioether (sulfide) groups is 1. The van der Waals surface area contributed by atoms with Crippen LogP contribution in [0.3, 0.4) is 0 Å². The van der Waals surface area contributed by atoms with Crippen molar-refractivity contribution in [1.82, 2.24) is 9.47 Å². The number of rotatable bonds is 4. The van der Waals surface area contributed by atoms with Crippen LogP contribution in [-0.4, -0.2) is 32.2 Å². The zero-order chi connectivity index (χ0) is 19.1. The largest absolute Gasteiger partial charge is 1.00 e. The number of fused-ring (bicyclic) bond motifs is 3. The summed E-state index contributed by atoms with van der Waals surface area (Å²) in [6.07, 6.45) is 1.76. The average molecular weight is 402 g/mol. The van der Waals surface area contributed by atoms with E-state index in [1.807, 2.05) is 24.3 Å². The number of benzene rings is 2. The Hall–Kier alpha value is -2.04. The molecule has 0 radical (unpaired) electrons. The Kier molecular flexibility index (Phi) is 6.01. The number of aryl methyl sites for hydroxylation is 1. The van der Waals surface area contributed by atoms with Gasteiger partial charge in [-0.3, -0.25) is 9.69 Å². The predicted molar refractivity (Wildman–Crippen MR) is 110 cm³/mol. The Labute approximate surface area is 183 Å². The molecule has 8 heteroatoms. The van der Waals surface area contributed by atoms with E-state index in [9.17, 15) is 14.7 Å². The number of amides is 1. The first-order valence-electron chi connectivity index (χ1n) is 8.46. The fourth-order valence-corrected chi connectivity index (χ4v) is 4.67. The number of carbonyl (C=O) groups is 2. The number of nitrogens with zero attached hydrogens (tertiary/aromatic N) is 2. The number of hydrogen-bond acceptors (Lipinski definition) is 5. The van der Waals surface area contributed by atoms with E-state index in [2.05, 4.69) is 29.7 Å². The zero-order valence-electron chi connectivity index (χ0n) is 15.5. The molecule has 0 atom stereocenters. The zero-order valence-corrected chi connectivity index (χ0v) is 17.1. The van der Waals surface area contributed by atoms with Gasteiger partial charge in [0.15, 0.2) is 0 Å². The quantitative estimate of drug-likeness (QED) is 0.343. The van der Waals surface area contributed by atoms with Gasteiger partial charge in [0.25, 0.3) is 5.91 Å². The van der Waals surface area contributed by atoms with Crippen LogP contribution < -0.4 is 24.0 Å². The van der Waals surface area contributed by atoms with Crippen molar-refractivity contribution in [3.8, 4) is 0 Å². The molecule has 0 spiro atoms. The Balaban J connectivity index is 0.00000225. The summed E-state index contributed by atoms with van der Waals surface area (Å²) in [4.78, 5) is 24.7. The van der Waals surface area contributed by atoms with Crippen molar-refractivity contribution in [3.05, 3.63) is 52.9 Å². The van der Waals surface area contributed by atoms with E-state index in [4.69, 9.17) is 12.2 Å². The Morgan fingerprint density at radius 1 is 1.18 bits per heavy atom. The number of aromatic nitrogens is 1. The summed E-state index contributed by atoms with van der Waals surface area (Å²) in [6.45, 7) is 2.46. The molecular formula is C20H15LiN2O3S2. The van der Waals surface area contributed by atoms with Crippen LogP contribution in [0.2, 0.25) is 0 Å². The van der Waals surface area contributed by atoms with Gasteiger partial charge in [0.05, 0.1) is 17.4 Å². The summed E-state index contributed by atoms with van der Waals surface area (Å²) in [6, 6.07) is 14.3. The second-order valence-electron chi connectivity index (χ2n) is 6.18. The van der Waals surface area contributed by atoms with Gasteiger partial charge >= 0.3 is 18.9 Å². The predicted octanol–water partition coefficient (Wildman–Crippen LogP) is -0.230. The molecule has 0 unspecified atom stereocenters. The molecule has 0 bridgehead atoms. The average Bonchev–Trinajstić information content (AvgIpc) is 3.10. The van der Waals surface area contributed by atoms with Crippen molar-refractivity contribution in [1.29, 1.82) is 0 Å². The van der Waals surface area contributed by atoms with Crippen LogP contribution in [0.25, 0.3) is 27.9 Å². The summed E-state index contributed by atoms with van der Waals surface area (Å²) in [5.41, 5.74) is 3.18. The van der Waals surface area contributed by atoms with Crippen molar-refractivity contribution in [2.24, 2.45) is 0 Å². The molecule has 1 fully saturated rings. The first-order valence-corrected chi connectivity index (χ1v) is 9.68. The molecule has 0 aliphatic carbocycles. The molecule has 5 nitrogen and oxygen atoms in total. The van der Waals surface area contributed by atoms with Gasteiger partial charge in [0.2, 0.25) is 0 Å². The van der Waals surface area contributed by atoms with E-state index in [-0.39, 0.29) is 23.2 Å². The van der Waals surface area contributed by atoms with E-state index in [1.165, 1.54) is 5.52 Å². The fourth-order valence-electron chi connectivity index (χ4n) is 3.42. The number of thiocarbonyl (C=S) groups is 1. The molecule has 2 aromatic carbocycles. The van der Waals surface area contributed by atoms with Crippen LogP contribution in [0.15, 0.2) is 47.4 Å². The second-order valence-corrected chi connectivity index (χ2v) is 7.85. The monoisotopic (exact) mass is 402 g/mol. The molecule has 2 heterocycles. The van der Waals surface area contributed by atoms with Gasteiger partial charge in [-0.25, -0.2) is 0 Å². The van der Waals surface area contributed by atoms with Crippen molar-refractivity contribution in [2.75, 3.05) is 6.54 Å². The molecule has 3 aromatic rings. The van der Waals surface area contributed by atoms with Crippen LogP contribution in [0.1, 0.15) is 12.5 Å². The molecule has 28 heavy (non-hydrogen) atoms. The number of aliphatic carboxylic acids is 1. The van der Waals surface area contributed by atoms with Crippen LogP contribution in [-0.2, 0) is 16.1 Å². The normalized spacial score (nSPS) is 15.6. The summed E-state index contributed by atoms with van der Waals surface area (Å²) in [5, 5.41) is 13.1. The Morgan fingerprint density at radius 2 is 1.89 bits per heavy atom. The molecule has 1 aliphatic rings. The smallest absolute Gasteiger partial charge is 0.548 e. The standard InChI is InChI=1S/C20H16N2O3S2.Li/c1-2-21-15-6-4-3-5-13(15)14-9-12(7-8-16(14)21)10-17-19(25)22(11-18(23)24)20(26)27-17;/h3-10H,2,11H2,1H3,(H,23,24);/q;+1/p-1/b17-10-;. The molecule has 1 aromatic heterocycles. The molecule has 136 valence electrons. The van der Waals surface area contributed by atoms with E-state index in [0.29, 0.717) is 4.91 Å². The number of para-hydroxylation sites is 1. The van der Waals surface area contributed by atoms with Crippen LogP contribution in [0.5, 0.6) is 0 Å². The number of carbonyl (C=O) groups excluding carboxylic acids is 2. The molecule has 1 amide bonds. The summed E-state index contributed by atoms with van der Waals surface area (Å²) < 4.78 is 2.49. The van der Waals surface area contributed by atoms with Gasteiger partial charge in [-0.05, 0) is 36.8 Å². The molecule has 0 N–H and O–H groups in total. The number of carboxylic acid groups (broad SMARTS) is 1. The summed E-state index contributed by atoms with van der Waals surface area (Å²) in [5.74, 6) is -1.73. The summed E-state index contributed by atoms with van der Waals surface area (Å²) >= 11 is 6.23. The SMILES string of the molecule is CCn1c2ccccc2c2cc(/C=C3\SC(=S)N(CC(=O)[O-])C3=O)ccc21.[Li+]. The fraction of sp³-hybridized carbons (Fsp3) is 0.150. The molecule has 0 saturated carbocycles. The number of hydrogen-bond donors (Lipinski definition) is 0. The van der Waals surface area contributed by atoms with Crippen molar-refractivity contribution in [2.45, 2.75) is 13.5 Å². The second kappa shape index (κ2) is 8.14. The van der Waals surface area contributed by atoms with Crippen molar-refractivity contribution in [3.63, 3.8) is 0 Å². The topological polar surface area (TPSA) is 65.4 Å². The Bertz CT molecular complexity index is 1150. The maximum Gasteiger partial charge on any atom is 1.00 e. The van der Waals surface area contributed by atoms with E-state index in [1.54, 1.807) is 6.08 Å². The van der Waals surface area contributed by atoms with Crippen molar-refractivity contribution >= 4 is 68.1 Å². The first-order chi connectivity index (χ1) is 13.0.